The fraction of sp³-hybridized carbons (Fsp3) is 0.462. The second kappa shape index (κ2) is 12.7. The number of rotatable bonds is 1. The zero-order chi connectivity index (χ0) is 12.1. The van der Waals surface area contributed by atoms with Gasteiger partial charge in [0.2, 0.25) is 5.91 Å². The lowest BCUT2D eigenvalue weighted by Gasteiger charge is -1.88. The van der Waals surface area contributed by atoms with E-state index in [0.717, 1.165) is 6.54 Å². The predicted octanol–water partition coefficient (Wildman–Crippen LogP) is 3.16. The molecule has 2 heteroatoms. The maximum atomic E-state index is 9.93. The van der Waals surface area contributed by atoms with E-state index in [-0.39, 0.29) is 5.91 Å². The lowest BCUT2D eigenvalue weighted by molar-refractivity contribution is -0.118. The summed E-state index contributed by atoms with van der Waals surface area (Å²) in [6.07, 6.45) is 0. The van der Waals surface area contributed by atoms with Gasteiger partial charge in [-0.15, -0.1) is 0 Å². The smallest absolute Gasteiger partial charge is 0.216 e. The number of nitrogens with one attached hydrogen (secondary N) is 1. The molecule has 1 aromatic rings. The highest BCUT2D eigenvalue weighted by Gasteiger charge is 1.79. The average Bonchev–Trinajstić information content (AvgIpc) is 2.22. The van der Waals surface area contributed by atoms with Gasteiger partial charge in [-0.1, -0.05) is 49.7 Å². The van der Waals surface area contributed by atoms with Gasteiger partial charge in [0, 0.05) is 13.5 Å². The highest BCUT2D eigenvalue weighted by molar-refractivity contribution is 5.72. The third-order valence-corrected chi connectivity index (χ3v) is 1.37. The van der Waals surface area contributed by atoms with Crippen molar-refractivity contribution >= 4 is 5.91 Å². The van der Waals surface area contributed by atoms with Gasteiger partial charge in [-0.25, -0.2) is 0 Å². The van der Waals surface area contributed by atoms with E-state index in [2.05, 4.69) is 24.4 Å². The molecule has 0 heterocycles. The van der Waals surface area contributed by atoms with E-state index >= 15 is 0 Å². The maximum Gasteiger partial charge on any atom is 0.216 e. The number of carbonyl (C=O) groups excluding carboxylic acids is 1. The van der Waals surface area contributed by atoms with E-state index in [9.17, 15) is 4.79 Å². The average molecular weight is 209 g/mol. The van der Waals surface area contributed by atoms with Crippen LogP contribution in [0.25, 0.3) is 0 Å². The molecule has 0 saturated heterocycles. The minimum atomic E-state index is 0.0394. The Kier molecular flexibility index (Phi) is 13.6. The zero-order valence-corrected chi connectivity index (χ0v) is 10.5. The van der Waals surface area contributed by atoms with Gasteiger partial charge in [-0.3, -0.25) is 4.79 Å². The van der Waals surface area contributed by atoms with Crippen LogP contribution in [0.2, 0.25) is 0 Å². The summed E-state index contributed by atoms with van der Waals surface area (Å²) in [5, 5.41) is 2.57. The fourth-order valence-electron chi connectivity index (χ4n) is 0.783. The molecule has 1 amide bonds. The predicted molar refractivity (Wildman–Crippen MR) is 66.9 cm³/mol. The molecular formula is C13H23NO. The van der Waals surface area contributed by atoms with Gasteiger partial charge < -0.3 is 5.32 Å². The van der Waals surface area contributed by atoms with Crippen molar-refractivity contribution in [3.63, 3.8) is 0 Å². The van der Waals surface area contributed by atoms with E-state index in [1.165, 1.54) is 12.5 Å². The summed E-state index contributed by atoms with van der Waals surface area (Å²) < 4.78 is 0. The summed E-state index contributed by atoms with van der Waals surface area (Å²) >= 11 is 0. The molecule has 0 unspecified atom stereocenters. The van der Waals surface area contributed by atoms with Crippen molar-refractivity contribution in [2.75, 3.05) is 6.54 Å². The molecule has 0 aliphatic rings. The number of hydrogen-bond donors (Lipinski definition) is 1. The Morgan fingerprint density at radius 2 is 1.67 bits per heavy atom. The Labute approximate surface area is 93.7 Å². The van der Waals surface area contributed by atoms with Gasteiger partial charge in [0.1, 0.15) is 0 Å². The van der Waals surface area contributed by atoms with Crippen molar-refractivity contribution in [2.45, 2.75) is 34.6 Å². The van der Waals surface area contributed by atoms with E-state index in [4.69, 9.17) is 0 Å². The minimum Gasteiger partial charge on any atom is -0.357 e. The molecule has 1 rings (SSSR count). The van der Waals surface area contributed by atoms with E-state index in [1.807, 2.05) is 39.0 Å². The topological polar surface area (TPSA) is 29.1 Å². The van der Waals surface area contributed by atoms with Crippen LogP contribution in [0.4, 0.5) is 0 Å². The first-order valence-electron chi connectivity index (χ1n) is 5.43. The number of amides is 1. The molecule has 0 aliphatic carbocycles. The van der Waals surface area contributed by atoms with Gasteiger partial charge in [0.25, 0.3) is 0 Å². The molecule has 0 saturated carbocycles. The molecule has 1 aromatic carbocycles. The molecule has 2 nitrogen and oxygen atoms in total. The summed E-state index contributed by atoms with van der Waals surface area (Å²) in [5.41, 5.74) is 1.32. The third kappa shape index (κ3) is 15.4. The first kappa shape index (κ1) is 16.1. The maximum absolute atomic E-state index is 9.93. The highest BCUT2D eigenvalue weighted by atomic mass is 16.1. The quantitative estimate of drug-likeness (QED) is 0.756. The van der Waals surface area contributed by atoms with Crippen LogP contribution in [-0.4, -0.2) is 12.5 Å². The summed E-state index contributed by atoms with van der Waals surface area (Å²) in [5.74, 6) is 0.0394. The van der Waals surface area contributed by atoms with Gasteiger partial charge in [0.15, 0.2) is 0 Å². The van der Waals surface area contributed by atoms with Crippen molar-refractivity contribution in [1.29, 1.82) is 0 Å². The standard InChI is InChI=1S/C7H8.C4H9NO.C2H6/c1-7-5-3-2-4-6-7;1-3-5-4(2)6;1-2/h2-6H,1H3;3H2,1-2H3,(H,5,6);1-2H3. The van der Waals surface area contributed by atoms with E-state index < -0.39 is 0 Å². The van der Waals surface area contributed by atoms with Crippen LogP contribution in [0, 0.1) is 6.92 Å². The molecule has 1 N–H and O–H groups in total. The van der Waals surface area contributed by atoms with Crippen LogP contribution in [-0.2, 0) is 4.79 Å². The first-order chi connectivity index (χ1) is 7.16. The second-order valence-corrected chi connectivity index (χ2v) is 2.74. The van der Waals surface area contributed by atoms with Crippen molar-refractivity contribution in [1.82, 2.24) is 5.32 Å². The Balaban J connectivity index is 0. The van der Waals surface area contributed by atoms with E-state index in [1.54, 1.807) is 0 Å². The molecule has 0 fully saturated rings. The second-order valence-electron chi connectivity index (χ2n) is 2.74. The van der Waals surface area contributed by atoms with E-state index in [0.29, 0.717) is 0 Å². The number of aryl methyl sites for hydroxylation is 1. The van der Waals surface area contributed by atoms with Crippen LogP contribution in [0.1, 0.15) is 33.3 Å². The highest BCUT2D eigenvalue weighted by Crippen LogP contribution is 1.92. The van der Waals surface area contributed by atoms with Crippen LogP contribution in [0.5, 0.6) is 0 Å². The molecular weight excluding hydrogens is 186 g/mol. The Morgan fingerprint density at radius 1 is 1.20 bits per heavy atom. The van der Waals surface area contributed by atoms with Gasteiger partial charge in [-0.2, -0.15) is 0 Å². The van der Waals surface area contributed by atoms with Crippen LogP contribution >= 0.6 is 0 Å². The molecule has 0 spiro atoms. The molecule has 0 aliphatic heterocycles. The van der Waals surface area contributed by atoms with Gasteiger partial charge in [-0.05, 0) is 13.8 Å². The Hall–Kier alpha value is -1.31. The van der Waals surface area contributed by atoms with Crippen LogP contribution in [0.3, 0.4) is 0 Å². The number of carbonyl (C=O) groups is 1. The molecule has 0 radical (unpaired) electrons. The fourth-order valence-corrected chi connectivity index (χ4v) is 0.783. The zero-order valence-electron chi connectivity index (χ0n) is 10.5. The molecule has 0 atom stereocenters. The van der Waals surface area contributed by atoms with Crippen molar-refractivity contribution < 1.29 is 4.79 Å². The van der Waals surface area contributed by atoms with Crippen LogP contribution in [0.15, 0.2) is 30.3 Å². The summed E-state index contributed by atoms with van der Waals surface area (Å²) in [4.78, 5) is 9.93. The van der Waals surface area contributed by atoms with Crippen molar-refractivity contribution in [2.24, 2.45) is 0 Å². The monoisotopic (exact) mass is 209 g/mol. The largest absolute Gasteiger partial charge is 0.357 e. The first-order valence-corrected chi connectivity index (χ1v) is 5.43. The Bertz CT molecular complexity index is 232. The molecule has 86 valence electrons. The van der Waals surface area contributed by atoms with Gasteiger partial charge >= 0.3 is 0 Å². The summed E-state index contributed by atoms with van der Waals surface area (Å²) in [7, 11) is 0. The number of hydrogen-bond acceptors (Lipinski definition) is 1. The molecule has 0 bridgehead atoms. The third-order valence-electron chi connectivity index (χ3n) is 1.37. The normalized spacial score (nSPS) is 7.53. The summed E-state index contributed by atoms with van der Waals surface area (Å²) in [6, 6.07) is 10.3. The lowest BCUT2D eigenvalue weighted by Crippen LogP contribution is -2.18. The lowest BCUT2D eigenvalue weighted by atomic mass is 10.2. The Morgan fingerprint density at radius 3 is 1.80 bits per heavy atom. The van der Waals surface area contributed by atoms with Crippen LogP contribution < -0.4 is 5.32 Å². The minimum absolute atomic E-state index is 0.0394. The molecule has 0 aromatic heterocycles. The number of benzene rings is 1. The summed E-state index contributed by atoms with van der Waals surface area (Å²) in [6.45, 7) is 10.2. The van der Waals surface area contributed by atoms with Crippen molar-refractivity contribution in [3.05, 3.63) is 35.9 Å². The SMILES string of the molecule is CC.CCNC(C)=O.Cc1ccccc1. The van der Waals surface area contributed by atoms with Gasteiger partial charge in [0.05, 0.1) is 0 Å². The van der Waals surface area contributed by atoms with Crippen molar-refractivity contribution in [3.8, 4) is 0 Å². The molecule has 15 heavy (non-hydrogen) atoms.